The number of alkyl carbamates (subject to hydrolysis) is 1. The van der Waals surface area contributed by atoms with Gasteiger partial charge in [-0.05, 0) is 89.5 Å². The number of amides is 3. The van der Waals surface area contributed by atoms with Crippen LogP contribution in [0.3, 0.4) is 0 Å². The first kappa shape index (κ1) is 52.6. The molecule has 382 valence electrons. The van der Waals surface area contributed by atoms with Crippen molar-refractivity contribution in [3.63, 3.8) is 0 Å². The van der Waals surface area contributed by atoms with Crippen LogP contribution in [0.5, 0.6) is 17.2 Å². The van der Waals surface area contributed by atoms with Crippen molar-refractivity contribution < 1.29 is 57.1 Å². The van der Waals surface area contributed by atoms with E-state index in [1.54, 1.807) is 82.3 Å². The largest absolute Gasteiger partial charge is 0.488 e. The van der Waals surface area contributed by atoms with Crippen molar-refractivity contribution in [2.75, 3.05) is 24.8 Å². The van der Waals surface area contributed by atoms with Crippen LogP contribution >= 0.6 is 18.9 Å². The van der Waals surface area contributed by atoms with Gasteiger partial charge >= 0.3 is 25.6 Å². The second-order valence-corrected chi connectivity index (χ2v) is 22.4. The van der Waals surface area contributed by atoms with E-state index < -0.39 is 84.8 Å². The zero-order valence-corrected chi connectivity index (χ0v) is 42.8. The number of para-hydroxylation sites is 1. The van der Waals surface area contributed by atoms with Crippen LogP contribution < -0.4 is 35.0 Å². The van der Waals surface area contributed by atoms with E-state index in [2.05, 4.69) is 27.6 Å². The lowest BCUT2D eigenvalue weighted by molar-refractivity contribution is -0.146. The maximum Gasteiger partial charge on any atom is 0.408 e. The number of ether oxygens (including phenoxy) is 4. The van der Waals surface area contributed by atoms with Crippen LogP contribution in [-0.4, -0.2) is 111 Å². The lowest BCUT2D eigenvalue weighted by Crippen LogP contribution is -2.59. The van der Waals surface area contributed by atoms with Crippen LogP contribution in [0.15, 0.2) is 72.6 Å². The molecule has 2 aliphatic carbocycles. The lowest BCUT2D eigenvalue weighted by Gasteiger charge is -2.35. The van der Waals surface area contributed by atoms with Gasteiger partial charge in [-0.15, -0.1) is 17.9 Å². The topological polar surface area (TPSA) is 246 Å². The number of thiazole rings is 1. The molecule has 2 aromatic carbocycles. The van der Waals surface area contributed by atoms with Gasteiger partial charge in [0, 0.05) is 41.3 Å². The maximum absolute atomic E-state index is 14.8. The lowest BCUT2D eigenvalue weighted by atomic mass is 9.85. The number of rotatable bonds is 21. The predicted octanol–water partition coefficient (Wildman–Crippen LogP) is 7.91. The fraction of sp³-hybridized carbons (Fsp3) is 0.500. The molecule has 3 amide bonds. The summed E-state index contributed by atoms with van der Waals surface area (Å²) < 4.78 is 44.1. The molecule has 71 heavy (non-hydrogen) atoms. The summed E-state index contributed by atoms with van der Waals surface area (Å²) in [5.41, 5.74) is -1.09. The number of likely N-dealkylation sites (tertiary alicyclic amines) is 1. The van der Waals surface area contributed by atoms with Gasteiger partial charge in [-0.2, -0.15) is 0 Å². The van der Waals surface area contributed by atoms with Crippen LogP contribution in [0, 0.1) is 11.3 Å². The maximum atomic E-state index is 14.8. The molecule has 0 spiro atoms. The SMILES string of the molecule is C=C[C@@H]1C[C@]1(NC(=O)[C@@H]1C[C@@H](Oc2cc(-c3csc(NC(C)C)n3)nc3cc(OCP(=O)(NC(C)C(=O)OCC)Oc4ccccc4)ccc23)CN1C(=O)[C@@H](NC(=O)OC1CCCC1)C(C)(C)C)C(=O)O. The first-order valence-corrected chi connectivity index (χ1v) is 26.6. The third-order valence-corrected chi connectivity index (χ3v) is 15.0. The van der Waals surface area contributed by atoms with Crippen molar-refractivity contribution in [3.8, 4) is 28.6 Å². The monoisotopic (exact) mass is 1020 g/mol. The molecule has 2 saturated carbocycles. The number of carboxylic acid groups (broad SMARTS) is 1. The number of aliphatic carboxylic acids is 1. The highest BCUT2D eigenvalue weighted by Crippen LogP contribution is 2.46. The first-order valence-electron chi connectivity index (χ1n) is 23.9. The van der Waals surface area contributed by atoms with E-state index >= 15 is 0 Å². The Kier molecular flexibility index (Phi) is 16.3. The van der Waals surface area contributed by atoms with Gasteiger partial charge in [-0.1, -0.05) is 45.0 Å². The number of benzene rings is 2. The molecule has 21 heteroatoms. The van der Waals surface area contributed by atoms with Crippen molar-refractivity contribution >= 4 is 64.7 Å². The Balaban J connectivity index is 1.21. The van der Waals surface area contributed by atoms with Crippen molar-refractivity contribution in [3.05, 3.63) is 72.6 Å². The second-order valence-electron chi connectivity index (χ2n) is 19.5. The highest BCUT2D eigenvalue weighted by molar-refractivity contribution is 7.57. The molecule has 1 saturated heterocycles. The molecule has 5 N–H and O–H groups in total. The summed E-state index contributed by atoms with van der Waals surface area (Å²) in [6, 6.07) is 11.9. The molecule has 7 rings (SSSR count). The number of carboxylic acids is 1. The van der Waals surface area contributed by atoms with E-state index in [1.807, 2.05) is 19.2 Å². The zero-order valence-electron chi connectivity index (χ0n) is 41.1. The molecule has 3 heterocycles. The van der Waals surface area contributed by atoms with Crippen molar-refractivity contribution in [1.82, 2.24) is 30.6 Å². The van der Waals surface area contributed by atoms with E-state index in [9.17, 15) is 33.6 Å². The number of anilines is 1. The fourth-order valence-corrected chi connectivity index (χ4v) is 11.2. The standard InChI is InChI=1S/C50H64N7O12PS/c1-9-31-25-50(31,46(61)62)55-43(58)40-23-35(26-57(40)44(59)42(49(6,7)8)54-48(63)68-32-16-14-15-17-32)67-41-24-38(39-27-71-47(53-39)51-29(3)4)52-37-22-34(20-21-36(37)41)66-28-70(64,56-30(5)45(60)65-10-2)69-33-18-12-11-13-19-33/h9,11-13,18-22,24,27,29-32,35,40,42H,1,10,14-17,23,25-26,28H2,2-8H3,(H,51,53)(H,54,63)(H,55,58)(H,56,64)(H,61,62)/t30?,31-,35-,40+,42-,50-,70?/m1/s1. The fourth-order valence-electron chi connectivity index (χ4n) is 8.71. The van der Waals surface area contributed by atoms with E-state index in [1.165, 1.54) is 29.2 Å². The molecule has 2 aromatic heterocycles. The molecule has 3 aliphatic rings. The Morgan fingerprint density at radius 3 is 2.38 bits per heavy atom. The van der Waals surface area contributed by atoms with Gasteiger partial charge in [-0.3, -0.25) is 18.9 Å². The van der Waals surface area contributed by atoms with Gasteiger partial charge in [0.1, 0.15) is 58.8 Å². The number of aromatic nitrogens is 2. The highest BCUT2D eigenvalue weighted by atomic mass is 32.1. The minimum atomic E-state index is -3.94. The Labute approximate surface area is 417 Å². The minimum Gasteiger partial charge on any atom is -0.488 e. The van der Waals surface area contributed by atoms with Gasteiger partial charge in [0.15, 0.2) is 11.5 Å². The summed E-state index contributed by atoms with van der Waals surface area (Å²) in [6.45, 7) is 16.3. The second kappa shape index (κ2) is 22.0. The molecule has 2 unspecified atom stereocenters. The van der Waals surface area contributed by atoms with E-state index in [0.29, 0.717) is 33.2 Å². The average molecular weight is 1020 g/mol. The minimum absolute atomic E-state index is 0.0389. The van der Waals surface area contributed by atoms with Gasteiger partial charge in [-0.25, -0.2) is 24.6 Å². The van der Waals surface area contributed by atoms with Crippen LogP contribution in [0.1, 0.15) is 87.0 Å². The molecule has 0 bridgehead atoms. The summed E-state index contributed by atoms with van der Waals surface area (Å²) >= 11 is 1.39. The number of carbonyl (C=O) groups excluding carboxylic acids is 4. The first-order chi connectivity index (χ1) is 33.7. The Bertz CT molecular complexity index is 2660. The van der Waals surface area contributed by atoms with Crippen LogP contribution in [0.25, 0.3) is 22.3 Å². The van der Waals surface area contributed by atoms with Crippen LogP contribution in [-0.2, 0) is 33.2 Å². The molecule has 7 atom stereocenters. The summed E-state index contributed by atoms with van der Waals surface area (Å²) in [5, 5.41) is 24.8. The van der Waals surface area contributed by atoms with E-state index in [-0.39, 0.29) is 49.6 Å². The summed E-state index contributed by atoms with van der Waals surface area (Å²) in [5.74, 6) is -2.74. The average Bonchev–Trinajstić information content (AvgIpc) is 3.72. The van der Waals surface area contributed by atoms with Crippen molar-refractivity contribution in [2.24, 2.45) is 11.3 Å². The Hall–Kier alpha value is -6.24. The number of esters is 1. The number of nitrogens with one attached hydrogen (secondary N) is 4. The number of fused-ring (bicyclic) bond motifs is 1. The van der Waals surface area contributed by atoms with Crippen LogP contribution in [0.2, 0.25) is 0 Å². The van der Waals surface area contributed by atoms with E-state index in [0.717, 1.165) is 25.7 Å². The molecule has 3 fully saturated rings. The highest BCUT2D eigenvalue weighted by Gasteiger charge is 2.61. The predicted molar refractivity (Wildman–Crippen MR) is 267 cm³/mol. The number of carbonyl (C=O) groups is 5. The van der Waals surface area contributed by atoms with Crippen molar-refractivity contribution in [1.29, 1.82) is 0 Å². The molecule has 4 aromatic rings. The molecule has 1 aliphatic heterocycles. The van der Waals surface area contributed by atoms with Crippen molar-refractivity contribution in [2.45, 2.75) is 129 Å². The smallest absolute Gasteiger partial charge is 0.408 e. The quantitative estimate of drug-likeness (QED) is 0.0302. The van der Waals surface area contributed by atoms with Crippen LogP contribution in [0.4, 0.5) is 9.93 Å². The summed E-state index contributed by atoms with van der Waals surface area (Å²) in [4.78, 5) is 78.7. The third kappa shape index (κ3) is 12.8. The van der Waals surface area contributed by atoms with E-state index in [4.69, 9.17) is 33.4 Å². The normalized spacial score (nSPS) is 21.6. The third-order valence-electron chi connectivity index (χ3n) is 12.5. The molecular formula is C50H64N7O12PS. The molecule has 0 radical (unpaired) electrons. The van der Waals surface area contributed by atoms with Gasteiger partial charge in [0.25, 0.3) is 0 Å². The van der Waals surface area contributed by atoms with Gasteiger partial charge in [0.05, 0.1) is 24.4 Å². The number of pyridine rings is 1. The number of hydrogen-bond acceptors (Lipinski definition) is 15. The molecular weight excluding hydrogens is 954 g/mol. The number of nitrogens with zero attached hydrogens (tertiary/aromatic N) is 3. The summed E-state index contributed by atoms with van der Waals surface area (Å²) in [7, 11) is -3.94. The van der Waals surface area contributed by atoms with Gasteiger partial charge in [0.2, 0.25) is 11.8 Å². The number of hydrogen-bond donors (Lipinski definition) is 5. The summed E-state index contributed by atoms with van der Waals surface area (Å²) in [6.07, 6.45) is 2.59. The molecule has 19 nitrogen and oxygen atoms in total. The Morgan fingerprint density at radius 2 is 1.73 bits per heavy atom. The Morgan fingerprint density at radius 1 is 1.00 bits per heavy atom. The van der Waals surface area contributed by atoms with Gasteiger partial charge < -0.3 is 49.4 Å². The zero-order chi connectivity index (χ0) is 51.3.